The molecule has 146 valence electrons. The van der Waals surface area contributed by atoms with Crippen molar-refractivity contribution in [2.75, 3.05) is 37.0 Å². The van der Waals surface area contributed by atoms with Crippen LogP contribution in [0.4, 0.5) is 11.4 Å². The number of methoxy groups -OCH3 is 1. The lowest BCUT2D eigenvalue weighted by molar-refractivity contribution is -0.114. The van der Waals surface area contributed by atoms with Crippen molar-refractivity contribution in [2.24, 2.45) is 0 Å². The van der Waals surface area contributed by atoms with Crippen molar-refractivity contribution in [3.63, 3.8) is 0 Å². The molecule has 1 aliphatic heterocycles. The summed E-state index contributed by atoms with van der Waals surface area (Å²) in [7, 11) is 1.48. The summed E-state index contributed by atoms with van der Waals surface area (Å²) in [4.78, 5) is 26.2. The highest BCUT2D eigenvalue weighted by molar-refractivity contribution is 6.07. The lowest BCUT2D eigenvalue weighted by atomic mass is 10.1. The van der Waals surface area contributed by atoms with Crippen LogP contribution < -0.4 is 15.0 Å². The Morgan fingerprint density at radius 1 is 1.25 bits per heavy atom. The highest BCUT2D eigenvalue weighted by Crippen LogP contribution is 2.31. The van der Waals surface area contributed by atoms with Gasteiger partial charge in [0.2, 0.25) is 0 Å². The van der Waals surface area contributed by atoms with Gasteiger partial charge >= 0.3 is 5.97 Å². The average Bonchev–Trinajstić information content (AvgIpc) is 2.71. The molecule has 0 saturated carbocycles. The summed E-state index contributed by atoms with van der Waals surface area (Å²) in [5.74, 6) is -0.204. The number of phenolic OH excluding ortho intramolecular Hbond substituents is 1. The molecule has 0 atom stereocenters. The van der Waals surface area contributed by atoms with Crippen LogP contribution in [0.1, 0.15) is 22.8 Å². The average molecular weight is 382 g/mol. The molecule has 0 unspecified atom stereocenters. The number of amides is 1. The molecule has 0 aromatic heterocycles. The highest BCUT2D eigenvalue weighted by atomic mass is 16.5. The van der Waals surface area contributed by atoms with Crippen LogP contribution in [-0.4, -0.2) is 43.8 Å². The Balaban J connectivity index is 1.78. The number of hydrogen-bond acceptors (Lipinski definition) is 6. The van der Waals surface area contributed by atoms with Crippen LogP contribution in [0.15, 0.2) is 42.5 Å². The fraction of sp³-hybridized carbons (Fsp3) is 0.238. The molecular formula is C21H22N2O5. The first kappa shape index (κ1) is 19.3. The molecule has 1 aliphatic rings. The van der Waals surface area contributed by atoms with Crippen molar-refractivity contribution < 1.29 is 24.2 Å². The number of benzene rings is 2. The van der Waals surface area contributed by atoms with E-state index in [-0.39, 0.29) is 11.7 Å². The van der Waals surface area contributed by atoms with Gasteiger partial charge in [-0.05, 0) is 48.9 Å². The number of phenols is 1. The molecule has 0 bridgehead atoms. The third-order valence-corrected chi connectivity index (χ3v) is 4.34. The summed E-state index contributed by atoms with van der Waals surface area (Å²) in [6.45, 7) is 3.13. The summed E-state index contributed by atoms with van der Waals surface area (Å²) in [5.41, 5.74) is 2.53. The van der Waals surface area contributed by atoms with E-state index in [0.717, 1.165) is 0 Å². The molecule has 1 heterocycles. The number of hydrogen-bond donors (Lipinski definition) is 2. The van der Waals surface area contributed by atoms with E-state index in [1.54, 1.807) is 48.2 Å². The van der Waals surface area contributed by atoms with Crippen LogP contribution in [0.2, 0.25) is 0 Å². The Bertz CT molecular complexity index is 923. The molecule has 28 heavy (non-hydrogen) atoms. The number of fused-ring (bicyclic) bond motifs is 1. The molecule has 7 nitrogen and oxygen atoms in total. The van der Waals surface area contributed by atoms with Gasteiger partial charge in [0.25, 0.3) is 5.91 Å². The first-order valence-corrected chi connectivity index (χ1v) is 8.95. The predicted octanol–water partition coefficient (Wildman–Crippen LogP) is 3.05. The third-order valence-electron chi connectivity index (χ3n) is 4.34. The van der Waals surface area contributed by atoms with E-state index in [9.17, 15) is 14.7 Å². The lowest BCUT2D eigenvalue weighted by Gasteiger charge is -2.29. The Labute approximate surface area is 163 Å². The van der Waals surface area contributed by atoms with Crippen molar-refractivity contribution in [3.05, 3.63) is 53.6 Å². The molecule has 2 aromatic carbocycles. The number of rotatable bonds is 5. The molecule has 2 N–H and O–H groups in total. The summed E-state index contributed by atoms with van der Waals surface area (Å²) < 4.78 is 10.0. The topological polar surface area (TPSA) is 88.1 Å². The standard InChI is InChI=1S/C21H22N2O5/c1-3-28-21(26)15-6-7-17-16(13-15)22-10-11-23(17)20(25)9-5-14-4-8-19(27-2)18(24)12-14/h4-9,12-13,22,24H,3,10-11H2,1-2H3. The summed E-state index contributed by atoms with van der Waals surface area (Å²) >= 11 is 0. The van der Waals surface area contributed by atoms with Gasteiger partial charge in [-0.15, -0.1) is 0 Å². The number of esters is 1. The van der Waals surface area contributed by atoms with E-state index < -0.39 is 5.97 Å². The highest BCUT2D eigenvalue weighted by Gasteiger charge is 2.22. The fourth-order valence-electron chi connectivity index (χ4n) is 2.97. The van der Waals surface area contributed by atoms with Crippen molar-refractivity contribution in [1.29, 1.82) is 0 Å². The molecule has 3 rings (SSSR count). The smallest absolute Gasteiger partial charge is 0.338 e. The second kappa shape index (κ2) is 8.47. The van der Waals surface area contributed by atoms with Crippen LogP contribution in [0.25, 0.3) is 6.08 Å². The van der Waals surface area contributed by atoms with Gasteiger partial charge in [-0.2, -0.15) is 0 Å². The molecule has 7 heteroatoms. The molecule has 0 spiro atoms. The van der Waals surface area contributed by atoms with E-state index >= 15 is 0 Å². The van der Waals surface area contributed by atoms with Crippen LogP contribution >= 0.6 is 0 Å². The molecule has 0 aliphatic carbocycles. The normalized spacial score (nSPS) is 13.0. The molecule has 2 aromatic rings. The van der Waals surface area contributed by atoms with Gasteiger partial charge in [0.15, 0.2) is 11.5 Å². The molecule has 1 amide bonds. The molecule has 0 fully saturated rings. The monoisotopic (exact) mass is 382 g/mol. The number of anilines is 2. The van der Waals surface area contributed by atoms with Crippen LogP contribution in [0, 0.1) is 0 Å². The van der Waals surface area contributed by atoms with Gasteiger partial charge in [0, 0.05) is 19.2 Å². The van der Waals surface area contributed by atoms with E-state index in [1.165, 1.54) is 19.3 Å². The van der Waals surface area contributed by atoms with Crippen molar-refractivity contribution >= 4 is 29.3 Å². The molecule has 0 saturated heterocycles. The van der Waals surface area contributed by atoms with Crippen molar-refractivity contribution in [1.82, 2.24) is 0 Å². The van der Waals surface area contributed by atoms with Gasteiger partial charge in [-0.1, -0.05) is 6.07 Å². The fourth-order valence-corrected chi connectivity index (χ4v) is 2.97. The Morgan fingerprint density at radius 3 is 2.79 bits per heavy atom. The maximum Gasteiger partial charge on any atom is 0.338 e. The van der Waals surface area contributed by atoms with E-state index in [0.29, 0.717) is 47.9 Å². The Hall–Kier alpha value is -3.48. The minimum absolute atomic E-state index is 0.0103. The quantitative estimate of drug-likeness (QED) is 0.610. The predicted molar refractivity (Wildman–Crippen MR) is 107 cm³/mol. The largest absolute Gasteiger partial charge is 0.504 e. The first-order chi connectivity index (χ1) is 13.5. The van der Waals surface area contributed by atoms with E-state index in [1.807, 2.05) is 0 Å². The Morgan fingerprint density at radius 2 is 2.07 bits per heavy atom. The van der Waals surface area contributed by atoms with Gasteiger partial charge in [0.1, 0.15) is 0 Å². The van der Waals surface area contributed by atoms with E-state index in [4.69, 9.17) is 9.47 Å². The van der Waals surface area contributed by atoms with Crippen molar-refractivity contribution in [2.45, 2.75) is 6.92 Å². The number of ether oxygens (including phenoxy) is 2. The molecular weight excluding hydrogens is 360 g/mol. The number of aromatic hydroxyl groups is 1. The number of carbonyl (C=O) groups excluding carboxylic acids is 2. The molecule has 0 radical (unpaired) electrons. The summed E-state index contributed by atoms with van der Waals surface area (Å²) in [6, 6.07) is 9.99. The number of carbonyl (C=O) groups is 2. The van der Waals surface area contributed by atoms with Gasteiger partial charge in [-0.3, -0.25) is 4.79 Å². The van der Waals surface area contributed by atoms with Crippen LogP contribution in [-0.2, 0) is 9.53 Å². The zero-order valence-corrected chi connectivity index (χ0v) is 15.8. The van der Waals surface area contributed by atoms with Gasteiger partial charge in [-0.25, -0.2) is 4.79 Å². The summed E-state index contributed by atoms with van der Waals surface area (Å²) in [6.07, 6.45) is 3.09. The maximum atomic E-state index is 12.7. The van der Waals surface area contributed by atoms with Crippen molar-refractivity contribution in [3.8, 4) is 11.5 Å². The number of nitrogens with one attached hydrogen (secondary N) is 1. The zero-order chi connectivity index (χ0) is 20.1. The second-order valence-corrected chi connectivity index (χ2v) is 6.13. The summed E-state index contributed by atoms with van der Waals surface area (Å²) in [5, 5.41) is 13.1. The van der Waals surface area contributed by atoms with Gasteiger partial charge < -0.3 is 24.8 Å². The van der Waals surface area contributed by atoms with Gasteiger partial charge in [0.05, 0.1) is 30.7 Å². The zero-order valence-electron chi connectivity index (χ0n) is 15.8. The lowest BCUT2D eigenvalue weighted by Crippen LogP contribution is -2.38. The van der Waals surface area contributed by atoms with Crippen LogP contribution in [0.5, 0.6) is 11.5 Å². The second-order valence-electron chi connectivity index (χ2n) is 6.13. The maximum absolute atomic E-state index is 12.7. The minimum atomic E-state index is -0.394. The van der Waals surface area contributed by atoms with Crippen LogP contribution in [0.3, 0.4) is 0 Å². The number of nitrogens with zero attached hydrogens (tertiary/aromatic N) is 1. The first-order valence-electron chi connectivity index (χ1n) is 8.95. The SMILES string of the molecule is CCOC(=O)c1ccc2c(c1)NCCN2C(=O)C=Cc1ccc(OC)c(O)c1. The van der Waals surface area contributed by atoms with E-state index in [2.05, 4.69) is 5.32 Å². The Kier molecular flexibility index (Phi) is 5.84. The third kappa shape index (κ3) is 4.09. The minimum Gasteiger partial charge on any atom is -0.504 e.